The van der Waals surface area contributed by atoms with Crippen LogP contribution in [-0.4, -0.2) is 15.2 Å². The summed E-state index contributed by atoms with van der Waals surface area (Å²) < 4.78 is 0. The van der Waals surface area contributed by atoms with E-state index < -0.39 is 0 Å². The van der Waals surface area contributed by atoms with Gasteiger partial charge in [0.2, 0.25) is 0 Å². The van der Waals surface area contributed by atoms with E-state index in [2.05, 4.69) is 34.2 Å². The van der Waals surface area contributed by atoms with Gasteiger partial charge in [-0.3, -0.25) is 4.98 Å². The fraction of sp³-hybridized carbons (Fsp3) is 0.400. The van der Waals surface area contributed by atoms with Crippen LogP contribution in [0.2, 0.25) is 0 Å². The molecule has 0 aromatic carbocycles. The molecule has 0 aliphatic rings. The second kappa shape index (κ2) is 5.89. The van der Waals surface area contributed by atoms with Crippen LogP contribution in [-0.2, 0) is 12.8 Å². The summed E-state index contributed by atoms with van der Waals surface area (Å²) in [5.74, 6) is 0. The number of hydrogen-bond acceptors (Lipinski definition) is 4. The van der Waals surface area contributed by atoms with Gasteiger partial charge in [-0.25, -0.2) is 0 Å². The topological polar surface area (TPSA) is 64.7 Å². The molecule has 0 aliphatic heterocycles. The maximum absolute atomic E-state index is 6.26. The summed E-state index contributed by atoms with van der Waals surface area (Å²) in [6, 6.07) is 6.08. The van der Waals surface area contributed by atoms with Crippen LogP contribution >= 0.6 is 0 Å². The summed E-state index contributed by atoms with van der Waals surface area (Å²) in [6.07, 6.45) is 3.65. The van der Waals surface area contributed by atoms with Crippen molar-refractivity contribution in [1.82, 2.24) is 15.2 Å². The average molecular weight is 256 g/mol. The van der Waals surface area contributed by atoms with Gasteiger partial charge in [0.1, 0.15) is 0 Å². The van der Waals surface area contributed by atoms with Crippen LogP contribution in [0.25, 0.3) is 0 Å². The predicted octanol–water partition coefficient (Wildman–Crippen LogP) is 2.29. The van der Waals surface area contributed by atoms with Gasteiger partial charge in [0.05, 0.1) is 11.4 Å². The number of nitrogens with zero attached hydrogens (tertiary/aromatic N) is 3. The molecule has 4 heteroatoms. The van der Waals surface area contributed by atoms with Gasteiger partial charge in [0.25, 0.3) is 0 Å². The Balaban J connectivity index is 2.15. The fourth-order valence-corrected chi connectivity index (χ4v) is 2.07. The van der Waals surface area contributed by atoms with Gasteiger partial charge in [0.15, 0.2) is 0 Å². The zero-order valence-electron chi connectivity index (χ0n) is 11.7. The molecule has 1 atom stereocenters. The SMILES string of the molecule is CCc1ccc(CC(N)c2cc(C)nnc2C)nc1. The van der Waals surface area contributed by atoms with E-state index in [1.807, 2.05) is 26.1 Å². The zero-order valence-corrected chi connectivity index (χ0v) is 11.7. The average Bonchev–Trinajstić information content (AvgIpc) is 2.42. The summed E-state index contributed by atoms with van der Waals surface area (Å²) in [5, 5.41) is 8.15. The molecule has 2 aromatic heterocycles. The van der Waals surface area contributed by atoms with Crippen molar-refractivity contribution in [1.29, 1.82) is 0 Å². The summed E-state index contributed by atoms with van der Waals surface area (Å²) in [7, 11) is 0. The first-order chi connectivity index (χ1) is 9.10. The molecule has 2 heterocycles. The third-order valence-corrected chi connectivity index (χ3v) is 3.26. The van der Waals surface area contributed by atoms with Crippen molar-refractivity contribution in [3.05, 3.63) is 52.6 Å². The number of hydrogen-bond donors (Lipinski definition) is 1. The largest absolute Gasteiger partial charge is 0.324 e. The van der Waals surface area contributed by atoms with Crippen molar-refractivity contribution >= 4 is 0 Å². The van der Waals surface area contributed by atoms with Gasteiger partial charge < -0.3 is 5.73 Å². The van der Waals surface area contributed by atoms with Gasteiger partial charge in [-0.2, -0.15) is 10.2 Å². The Labute approximate surface area is 114 Å². The van der Waals surface area contributed by atoms with Crippen molar-refractivity contribution < 1.29 is 0 Å². The van der Waals surface area contributed by atoms with Crippen LogP contribution in [0.5, 0.6) is 0 Å². The molecule has 0 saturated carbocycles. The van der Waals surface area contributed by atoms with Crippen molar-refractivity contribution in [3.63, 3.8) is 0 Å². The molecule has 19 heavy (non-hydrogen) atoms. The smallest absolute Gasteiger partial charge is 0.0648 e. The van der Waals surface area contributed by atoms with Crippen molar-refractivity contribution in [2.75, 3.05) is 0 Å². The van der Waals surface area contributed by atoms with Gasteiger partial charge in [-0.15, -0.1) is 0 Å². The molecular formula is C15H20N4. The molecule has 0 spiro atoms. The van der Waals surface area contributed by atoms with E-state index in [1.165, 1.54) is 5.56 Å². The molecule has 0 saturated heterocycles. The maximum atomic E-state index is 6.26. The molecule has 0 fully saturated rings. The first-order valence-electron chi connectivity index (χ1n) is 6.60. The minimum absolute atomic E-state index is 0.0887. The van der Waals surface area contributed by atoms with E-state index >= 15 is 0 Å². The van der Waals surface area contributed by atoms with Crippen molar-refractivity contribution in [2.45, 2.75) is 39.7 Å². The molecule has 2 rings (SSSR count). The molecular weight excluding hydrogens is 236 g/mol. The number of rotatable bonds is 4. The quantitative estimate of drug-likeness (QED) is 0.911. The highest BCUT2D eigenvalue weighted by atomic mass is 15.1. The number of pyridine rings is 1. The monoisotopic (exact) mass is 256 g/mol. The number of aromatic nitrogens is 3. The molecule has 2 aromatic rings. The highest BCUT2D eigenvalue weighted by molar-refractivity contribution is 5.25. The lowest BCUT2D eigenvalue weighted by Crippen LogP contribution is -2.16. The Bertz CT molecular complexity index is 549. The van der Waals surface area contributed by atoms with E-state index in [1.54, 1.807) is 0 Å². The number of nitrogens with two attached hydrogens (primary N) is 1. The highest BCUT2D eigenvalue weighted by Crippen LogP contribution is 2.18. The standard InChI is InChI=1S/C15H20N4/c1-4-12-5-6-13(17-9-12)8-15(16)14-7-10(2)18-19-11(14)3/h5-7,9,15H,4,8,16H2,1-3H3. The minimum Gasteiger partial charge on any atom is -0.324 e. The van der Waals surface area contributed by atoms with E-state index in [9.17, 15) is 0 Å². The molecule has 0 radical (unpaired) electrons. The van der Waals surface area contributed by atoms with Gasteiger partial charge in [-0.1, -0.05) is 13.0 Å². The maximum Gasteiger partial charge on any atom is 0.0648 e. The van der Waals surface area contributed by atoms with Crippen molar-refractivity contribution in [3.8, 4) is 0 Å². The second-order valence-corrected chi connectivity index (χ2v) is 4.85. The first kappa shape index (κ1) is 13.6. The van der Waals surface area contributed by atoms with Crippen molar-refractivity contribution in [2.24, 2.45) is 5.73 Å². The van der Waals surface area contributed by atoms with E-state index in [4.69, 9.17) is 5.73 Å². The Kier molecular flexibility index (Phi) is 4.22. The Morgan fingerprint density at radius 2 is 2.00 bits per heavy atom. The molecule has 2 N–H and O–H groups in total. The Morgan fingerprint density at radius 3 is 2.63 bits per heavy atom. The van der Waals surface area contributed by atoms with Crippen LogP contribution in [0.3, 0.4) is 0 Å². The fourth-order valence-electron chi connectivity index (χ4n) is 2.07. The lowest BCUT2D eigenvalue weighted by Gasteiger charge is -2.14. The first-order valence-corrected chi connectivity index (χ1v) is 6.60. The van der Waals surface area contributed by atoms with Gasteiger partial charge >= 0.3 is 0 Å². The summed E-state index contributed by atoms with van der Waals surface area (Å²) in [4.78, 5) is 4.45. The molecule has 1 unspecified atom stereocenters. The normalized spacial score (nSPS) is 12.4. The van der Waals surface area contributed by atoms with E-state index in [0.29, 0.717) is 0 Å². The van der Waals surface area contributed by atoms with Crippen LogP contribution in [0.15, 0.2) is 24.4 Å². The van der Waals surface area contributed by atoms with Gasteiger partial charge in [-0.05, 0) is 43.5 Å². The third-order valence-electron chi connectivity index (χ3n) is 3.26. The number of aryl methyl sites for hydroxylation is 3. The second-order valence-electron chi connectivity index (χ2n) is 4.85. The van der Waals surface area contributed by atoms with Crippen LogP contribution in [0.1, 0.15) is 41.2 Å². The third kappa shape index (κ3) is 3.35. The molecule has 0 aliphatic carbocycles. The summed E-state index contributed by atoms with van der Waals surface area (Å²) in [5.41, 5.74) is 11.4. The molecule has 4 nitrogen and oxygen atoms in total. The van der Waals surface area contributed by atoms with E-state index in [-0.39, 0.29) is 6.04 Å². The van der Waals surface area contributed by atoms with E-state index in [0.717, 1.165) is 35.5 Å². The Morgan fingerprint density at radius 1 is 1.21 bits per heavy atom. The lowest BCUT2D eigenvalue weighted by atomic mass is 10.0. The predicted molar refractivity (Wildman–Crippen MR) is 75.8 cm³/mol. The van der Waals surface area contributed by atoms with Gasteiger partial charge in [0, 0.05) is 24.4 Å². The van der Waals surface area contributed by atoms with Crippen LogP contribution in [0.4, 0.5) is 0 Å². The van der Waals surface area contributed by atoms with Crippen LogP contribution < -0.4 is 5.73 Å². The summed E-state index contributed by atoms with van der Waals surface area (Å²) in [6.45, 7) is 5.99. The summed E-state index contributed by atoms with van der Waals surface area (Å²) >= 11 is 0. The zero-order chi connectivity index (χ0) is 13.8. The molecule has 100 valence electrons. The van der Waals surface area contributed by atoms with Crippen LogP contribution in [0, 0.1) is 13.8 Å². The molecule has 0 bridgehead atoms. The lowest BCUT2D eigenvalue weighted by molar-refractivity contribution is 0.687. The molecule has 0 amide bonds. The highest BCUT2D eigenvalue weighted by Gasteiger charge is 2.12. The minimum atomic E-state index is -0.0887. The Hall–Kier alpha value is -1.81.